The van der Waals surface area contributed by atoms with Crippen molar-refractivity contribution in [1.29, 1.82) is 0 Å². The molecule has 26 heavy (non-hydrogen) atoms. The van der Waals surface area contributed by atoms with Crippen LogP contribution in [0.5, 0.6) is 0 Å². The molecule has 0 saturated carbocycles. The minimum atomic E-state index is -0.235. The van der Waals surface area contributed by atoms with E-state index in [4.69, 9.17) is 0 Å². The Kier molecular flexibility index (Phi) is 5.29. The second kappa shape index (κ2) is 7.98. The van der Waals surface area contributed by atoms with Gasteiger partial charge in [0.15, 0.2) is 0 Å². The zero-order valence-electron chi connectivity index (χ0n) is 14.3. The van der Waals surface area contributed by atoms with E-state index in [0.717, 1.165) is 11.4 Å². The average Bonchev–Trinajstić information content (AvgIpc) is 2.64. The summed E-state index contributed by atoms with van der Waals surface area (Å²) in [7, 11) is 0. The number of para-hydroxylation sites is 1. The van der Waals surface area contributed by atoms with Crippen molar-refractivity contribution in [1.82, 2.24) is 0 Å². The predicted molar refractivity (Wildman–Crippen MR) is 105 cm³/mol. The number of hydrogen-bond donors (Lipinski definition) is 3. The van der Waals surface area contributed by atoms with E-state index in [0.29, 0.717) is 16.9 Å². The van der Waals surface area contributed by atoms with Gasteiger partial charge in [0.2, 0.25) is 5.91 Å². The normalized spacial score (nSPS) is 10.0. The zero-order chi connectivity index (χ0) is 18.4. The van der Waals surface area contributed by atoms with Crippen LogP contribution in [0.2, 0.25) is 0 Å². The molecule has 0 spiro atoms. The van der Waals surface area contributed by atoms with Crippen molar-refractivity contribution < 1.29 is 9.59 Å². The molecular weight excluding hydrogens is 326 g/mol. The molecule has 5 nitrogen and oxygen atoms in total. The summed E-state index contributed by atoms with van der Waals surface area (Å²) in [4.78, 5) is 23.5. The van der Waals surface area contributed by atoms with Gasteiger partial charge in [-0.15, -0.1) is 0 Å². The third-order valence-corrected chi connectivity index (χ3v) is 3.65. The molecular formula is C21H19N3O2. The van der Waals surface area contributed by atoms with Crippen LogP contribution in [0.4, 0.5) is 22.7 Å². The first kappa shape index (κ1) is 17.2. The molecule has 3 aromatic rings. The summed E-state index contributed by atoms with van der Waals surface area (Å²) in [6.45, 7) is 1.43. The molecule has 0 bridgehead atoms. The number of rotatable bonds is 5. The molecule has 0 aromatic heterocycles. The average molecular weight is 345 g/mol. The Balaban J connectivity index is 1.65. The fraction of sp³-hybridized carbons (Fsp3) is 0.0476. The van der Waals surface area contributed by atoms with E-state index >= 15 is 0 Å². The van der Waals surface area contributed by atoms with Gasteiger partial charge < -0.3 is 16.0 Å². The lowest BCUT2D eigenvalue weighted by molar-refractivity contribution is -0.114. The molecule has 0 fully saturated rings. The van der Waals surface area contributed by atoms with E-state index in [9.17, 15) is 9.59 Å². The van der Waals surface area contributed by atoms with Gasteiger partial charge >= 0.3 is 0 Å². The number of anilines is 4. The van der Waals surface area contributed by atoms with Crippen molar-refractivity contribution in [2.24, 2.45) is 0 Å². The van der Waals surface area contributed by atoms with Crippen LogP contribution in [0, 0.1) is 0 Å². The Hall–Kier alpha value is -3.60. The zero-order valence-corrected chi connectivity index (χ0v) is 14.3. The standard InChI is InChI=1S/C21H19N3O2/c1-15(25)22-20-9-5-6-16(14-20)21(26)24-19-12-10-18(11-13-19)23-17-7-3-2-4-8-17/h2-14,23H,1H3,(H,22,25)(H,24,26). The van der Waals surface area contributed by atoms with Gasteiger partial charge in [0.1, 0.15) is 0 Å². The second-order valence-electron chi connectivity index (χ2n) is 5.78. The minimum absolute atomic E-state index is 0.177. The van der Waals surface area contributed by atoms with Crippen LogP contribution in [-0.2, 0) is 4.79 Å². The van der Waals surface area contributed by atoms with Gasteiger partial charge in [0.25, 0.3) is 5.91 Å². The van der Waals surface area contributed by atoms with Crippen LogP contribution < -0.4 is 16.0 Å². The van der Waals surface area contributed by atoms with E-state index in [1.165, 1.54) is 6.92 Å². The summed E-state index contributed by atoms with van der Waals surface area (Å²) in [5.74, 6) is -0.412. The third kappa shape index (κ3) is 4.70. The lowest BCUT2D eigenvalue weighted by atomic mass is 10.1. The van der Waals surface area contributed by atoms with Crippen molar-refractivity contribution in [3.05, 3.63) is 84.4 Å². The molecule has 3 aromatic carbocycles. The van der Waals surface area contributed by atoms with Gasteiger partial charge in [-0.3, -0.25) is 9.59 Å². The summed E-state index contributed by atoms with van der Waals surface area (Å²) in [6, 6.07) is 24.1. The Morgan fingerprint density at radius 1 is 0.654 bits per heavy atom. The van der Waals surface area contributed by atoms with Crippen molar-refractivity contribution in [3.63, 3.8) is 0 Å². The van der Waals surface area contributed by atoms with Crippen LogP contribution in [0.25, 0.3) is 0 Å². The van der Waals surface area contributed by atoms with Gasteiger partial charge in [-0.25, -0.2) is 0 Å². The van der Waals surface area contributed by atoms with Crippen molar-refractivity contribution in [2.75, 3.05) is 16.0 Å². The lowest BCUT2D eigenvalue weighted by Gasteiger charge is -2.09. The number of amides is 2. The van der Waals surface area contributed by atoms with E-state index in [1.807, 2.05) is 54.6 Å². The van der Waals surface area contributed by atoms with Crippen LogP contribution in [0.3, 0.4) is 0 Å². The molecule has 0 heterocycles. The highest BCUT2D eigenvalue weighted by atomic mass is 16.2. The van der Waals surface area contributed by atoms with Crippen LogP contribution >= 0.6 is 0 Å². The maximum absolute atomic E-state index is 12.4. The molecule has 3 N–H and O–H groups in total. The van der Waals surface area contributed by atoms with Crippen LogP contribution in [0.1, 0.15) is 17.3 Å². The SMILES string of the molecule is CC(=O)Nc1cccc(C(=O)Nc2ccc(Nc3ccccc3)cc2)c1. The highest BCUT2D eigenvalue weighted by Crippen LogP contribution is 2.19. The number of carbonyl (C=O) groups excluding carboxylic acids is 2. The molecule has 2 amide bonds. The Labute approximate surface area is 152 Å². The molecule has 0 unspecified atom stereocenters. The fourth-order valence-electron chi connectivity index (χ4n) is 2.47. The molecule has 0 aliphatic rings. The van der Waals surface area contributed by atoms with E-state index in [1.54, 1.807) is 24.3 Å². The van der Waals surface area contributed by atoms with Gasteiger partial charge in [-0.2, -0.15) is 0 Å². The third-order valence-electron chi connectivity index (χ3n) is 3.65. The smallest absolute Gasteiger partial charge is 0.255 e. The van der Waals surface area contributed by atoms with Gasteiger partial charge in [0.05, 0.1) is 0 Å². The molecule has 5 heteroatoms. The van der Waals surface area contributed by atoms with Crippen LogP contribution in [0.15, 0.2) is 78.9 Å². The molecule has 0 aliphatic heterocycles. The molecule has 0 saturated heterocycles. The summed E-state index contributed by atoms with van der Waals surface area (Å²) in [6.07, 6.45) is 0. The number of nitrogens with one attached hydrogen (secondary N) is 3. The lowest BCUT2D eigenvalue weighted by Crippen LogP contribution is -2.13. The maximum atomic E-state index is 12.4. The van der Waals surface area contributed by atoms with Crippen molar-refractivity contribution >= 4 is 34.6 Å². The quantitative estimate of drug-likeness (QED) is 0.631. The number of benzene rings is 3. The first-order valence-corrected chi connectivity index (χ1v) is 8.21. The number of hydrogen-bond acceptors (Lipinski definition) is 3. The first-order chi connectivity index (χ1) is 12.6. The minimum Gasteiger partial charge on any atom is -0.356 e. The summed E-state index contributed by atoms with van der Waals surface area (Å²) < 4.78 is 0. The highest BCUT2D eigenvalue weighted by Gasteiger charge is 2.07. The largest absolute Gasteiger partial charge is 0.356 e. The Morgan fingerprint density at radius 3 is 1.96 bits per heavy atom. The van der Waals surface area contributed by atoms with Crippen molar-refractivity contribution in [3.8, 4) is 0 Å². The van der Waals surface area contributed by atoms with E-state index < -0.39 is 0 Å². The molecule has 130 valence electrons. The molecule has 0 aliphatic carbocycles. The molecule has 0 atom stereocenters. The first-order valence-electron chi connectivity index (χ1n) is 8.21. The van der Waals surface area contributed by atoms with Gasteiger partial charge in [-0.1, -0.05) is 24.3 Å². The topological polar surface area (TPSA) is 70.2 Å². The van der Waals surface area contributed by atoms with E-state index in [2.05, 4.69) is 16.0 Å². The second-order valence-corrected chi connectivity index (χ2v) is 5.78. The van der Waals surface area contributed by atoms with Gasteiger partial charge in [-0.05, 0) is 54.6 Å². The summed E-state index contributed by atoms with van der Waals surface area (Å²) >= 11 is 0. The van der Waals surface area contributed by atoms with Gasteiger partial charge in [0, 0.05) is 35.2 Å². The highest BCUT2D eigenvalue weighted by molar-refractivity contribution is 6.05. The van der Waals surface area contributed by atoms with E-state index in [-0.39, 0.29) is 11.8 Å². The summed E-state index contributed by atoms with van der Waals surface area (Å²) in [5, 5.41) is 8.81. The maximum Gasteiger partial charge on any atom is 0.255 e. The number of carbonyl (C=O) groups is 2. The molecule has 3 rings (SSSR count). The monoisotopic (exact) mass is 345 g/mol. The predicted octanol–water partition coefficient (Wildman–Crippen LogP) is 4.64. The van der Waals surface area contributed by atoms with Crippen LogP contribution in [-0.4, -0.2) is 11.8 Å². The molecule has 0 radical (unpaired) electrons. The summed E-state index contributed by atoms with van der Waals surface area (Å²) in [5.41, 5.74) is 3.69. The Morgan fingerprint density at radius 2 is 1.27 bits per heavy atom. The fourth-order valence-corrected chi connectivity index (χ4v) is 2.47. The Bertz CT molecular complexity index is 906. The van der Waals surface area contributed by atoms with Crippen molar-refractivity contribution in [2.45, 2.75) is 6.92 Å².